The molecule has 0 radical (unpaired) electrons. The molecule has 1 aromatic rings. The number of rotatable bonds is 0. The van der Waals surface area contributed by atoms with Crippen molar-refractivity contribution in [3.8, 4) is 0 Å². The molecular weight excluding hydrogens is 154 g/mol. The minimum atomic E-state index is 0.531. The minimum Gasteiger partial charge on any atom is -0.382 e. The molecule has 5 heteroatoms. The summed E-state index contributed by atoms with van der Waals surface area (Å²) < 4.78 is 1.94. The van der Waals surface area contributed by atoms with Gasteiger partial charge in [-0.25, -0.2) is 9.98 Å². The first-order valence-electron chi connectivity index (χ1n) is 3.73. The fourth-order valence-electron chi connectivity index (χ4n) is 1.38. The number of anilines is 1. The molecule has 1 aliphatic rings. The molecule has 2 N–H and O–H groups in total. The first kappa shape index (κ1) is 7.15. The van der Waals surface area contributed by atoms with E-state index >= 15 is 0 Å². The molecule has 2 heterocycles. The highest BCUT2D eigenvalue weighted by Gasteiger charge is 2.19. The van der Waals surface area contributed by atoms with E-state index in [1.165, 1.54) is 0 Å². The number of aromatic nitrogens is 2. The van der Waals surface area contributed by atoms with Gasteiger partial charge in [0.25, 0.3) is 0 Å². The molecule has 0 aliphatic carbocycles. The molecular formula is C7H11N5. The van der Waals surface area contributed by atoms with Crippen LogP contribution in [0.4, 0.5) is 5.82 Å². The van der Waals surface area contributed by atoms with E-state index in [9.17, 15) is 0 Å². The predicted octanol–water partition coefficient (Wildman–Crippen LogP) is -0.467. The molecule has 0 saturated heterocycles. The molecule has 0 aromatic carbocycles. The molecule has 1 aliphatic heterocycles. The number of hydrogen-bond donors (Lipinski definition) is 1. The summed E-state index contributed by atoms with van der Waals surface area (Å²) in [6.07, 6.45) is 1.74. The highest BCUT2D eigenvalue weighted by atomic mass is 15.3. The Hall–Kier alpha value is -1.52. The number of aliphatic imine (C=N–C) groups is 1. The summed E-state index contributed by atoms with van der Waals surface area (Å²) in [4.78, 5) is 10.3. The van der Waals surface area contributed by atoms with Gasteiger partial charge in [0.1, 0.15) is 24.0 Å². The van der Waals surface area contributed by atoms with Crippen molar-refractivity contribution in [1.29, 1.82) is 0 Å². The monoisotopic (exact) mass is 165 g/mol. The Bertz CT molecular complexity index is 338. The normalized spacial score (nSPS) is 15.8. The molecule has 5 nitrogen and oxygen atoms in total. The zero-order valence-electron chi connectivity index (χ0n) is 7.15. The van der Waals surface area contributed by atoms with Crippen molar-refractivity contribution in [1.82, 2.24) is 9.55 Å². The molecule has 0 saturated carbocycles. The Morgan fingerprint density at radius 3 is 2.92 bits per heavy atom. The van der Waals surface area contributed by atoms with Gasteiger partial charge in [-0.3, -0.25) is 0 Å². The van der Waals surface area contributed by atoms with Gasteiger partial charge >= 0.3 is 0 Å². The molecule has 0 bridgehead atoms. The van der Waals surface area contributed by atoms with E-state index in [0.29, 0.717) is 12.5 Å². The lowest BCUT2D eigenvalue weighted by Gasteiger charge is -2.22. The predicted molar refractivity (Wildman–Crippen MR) is 47.2 cm³/mol. The lowest BCUT2D eigenvalue weighted by atomic mass is 10.3. The summed E-state index contributed by atoms with van der Waals surface area (Å²) in [6.45, 7) is 0.609. The second kappa shape index (κ2) is 2.23. The lowest BCUT2D eigenvalue weighted by Crippen LogP contribution is -2.30. The zero-order valence-corrected chi connectivity index (χ0v) is 7.15. The quantitative estimate of drug-likeness (QED) is 0.565. The maximum absolute atomic E-state index is 5.67. The van der Waals surface area contributed by atoms with E-state index in [-0.39, 0.29) is 0 Å². The van der Waals surface area contributed by atoms with Crippen LogP contribution in [0.2, 0.25) is 0 Å². The highest BCUT2D eigenvalue weighted by molar-refractivity contribution is 6.01. The molecule has 64 valence electrons. The Morgan fingerprint density at radius 2 is 2.25 bits per heavy atom. The van der Waals surface area contributed by atoms with Crippen LogP contribution >= 0.6 is 0 Å². The van der Waals surface area contributed by atoms with Crippen molar-refractivity contribution in [2.45, 2.75) is 0 Å². The van der Waals surface area contributed by atoms with E-state index in [1.807, 2.05) is 23.6 Å². The number of imidazole rings is 1. The van der Waals surface area contributed by atoms with Crippen molar-refractivity contribution in [3.05, 3.63) is 12.0 Å². The first-order valence-corrected chi connectivity index (χ1v) is 3.73. The van der Waals surface area contributed by atoms with Crippen LogP contribution in [-0.4, -0.2) is 29.1 Å². The van der Waals surface area contributed by atoms with Crippen molar-refractivity contribution >= 4 is 11.7 Å². The fourth-order valence-corrected chi connectivity index (χ4v) is 1.38. The minimum absolute atomic E-state index is 0.531. The molecule has 0 amide bonds. The van der Waals surface area contributed by atoms with Crippen molar-refractivity contribution in [2.75, 3.05) is 18.6 Å². The Kier molecular flexibility index (Phi) is 1.33. The molecule has 2 rings (SSSR count). The van der Waals surface area contributed by atoms with Crippen LogP contribution in [0.15, 0.2) is 11.3 Å². The average Bonchev–Trinajstić information content (AvgIpc) is 2.42. The third-order valence-corrected chi connectivity index (χ3v) is 1.96. The van der Waals surface area contributed by atoms with Gasteiger partial charge in [-0.05, 0) is 0 Å². The van der Waals surface area contributed by atoms with Gasteiger partial charge in [0, 0.05) is 14.1 Å². The van der Waals surface area contributed by atoms with Gasteiger partial charge in [-0.15, -0.1) is 0 Å². The van der Waals surface area contributed by atoms with Gasteiger partial charge in [-0.1, -0.05) is 0 Å². The summed E-state index contributed by atoms with van der Waals surface area (Å²) in [6, 6.07) is 0. The second-order valence-electron chi connectivity index (χ2n) is 2.91. The van der Waals surface area contributed by atoms with E-state index < -0.39 is 0 Å². The fraction of sp³-hybridized carbons (Fsp3) is 0.429. The summed E-state index contributed by atoms with van der Waals surface area (Å²) in [5, 5.41) is 0. The summed E-state index contributed by atoms with van der Waals surface area (Å²) in [5.74, 6) is 1.56. The van der Waals surface area contributed by atoms with Crippen LogP contribution in [0.5, 0.6) is 0 Å². The van der Waals surface area contributed by atoms with Crippen LogP contribution in [0.25, 0.3) is 0 Å². The first-order chi connectivity index (χ1) is 5.70. The van der Waals surface area contributed by atoms with Gasteiger partial charge in [0.15, 0.2) is 0 Å². The molecule has 1 aromatic heterocycles. The SMILES string of the molecule is CN1CN=C(N)c2ncn(C)c21. The maximum Gasteiger partial charge on any atom is 0.150 e. The molecule has 0 spiro atoms. The van der Waals surface area contributed by atoms with Gasteiger partial charge in [0.2, 0.25) is 0 Å². The van der Waals surface area contributed by atoms with E-state index in [2.05, 4.69) is 9.98 Å². The third kappa shape index (κ3) is 0.792. The van der Waals surface area contributed by atoms with Gasteiger partial charge in [0.05, 0.1) is 6.33 Å². The Balaban J connectivity index is 2.61. The van der Waals surface area contributed by atoms with Gasteiger partial charge in [-0.2, -0.15) is 0 Å². The van der Waals surface area contributed by atoms with Crippen LogP contribution < -0.4 is 10.6 Å². The summed E-state index contributed by atoms with van der Waals surface area (Å²) in [7, 11) is 3.91. The molecule has 0 atom stereocenters. The average molecular weight is 165 g/mol. The van der Waals surface area contributed by atoms with E-state index in [0.717, 1.165) is 11.5 Å². The van der Waals surface area contributed by atoms with E-state index in [1.54, 1.807) is 6.33 Å². The summed E-state index contributed by atoms with van der Waals surface area (Å²) in [5.41, 5.74) is 6.45. The number of hydrogen-bond acceptors (Lipinski definition) is 4. The molecule has 0 fully saturated rings. The molecule has 0 unspecified atom stereocenters. The Labute approximate surface area is 70.5 Å². The number of aryl methyl sites for hydroxylation is 1. The number of fused-ring (bicyclic) bond motifs is 1. The van der Waals surface area contributed by atoms with Gasteiger partial charge < -0.3 is 15.2 Å². The number of nitrogens with two attached hydrogens (primary N) is 1. The smallest absolute Gasteiger partial charge is 0.150 e. The van der Waals surface area contributed by atoms with Crippen molar-refractivity contribution in [2.24, 2.45) is 17.8 Å². The third-order valence-electron chi connectivity index (χ3n) is 1.96. The van der Waals surface area contributed by atoms with Crippen LogP contribution in [0.1, 0.15) is 5.69 Å². The highest BCUT2D eigenvalue weighted by Crippen LogP contribution is 2.19. The van der Waals surface area contributed by atoms with E-state index in [4.69, 9.17) is 5.73 Å². The standard InChI is InChI=1S/C7H11N5/c1-11-3-9-5-6(8)10-4-12(2)7(5)11/h3H,4H2,1-2H3,(H2,8,10). The second-order valence-corrected chi connectivity index (χ2v) is 2.91. The summed E-state index contributed by atoms with van der Waals surface area (Å²) >= 11 is 0. The Morgan fingerprint density at radius 1 is 1.50 bits per heavy atom. The molecule has 12 heavy (non-hydrogen) atoms. The lowest BCUT2D eigenvalue weighted by molar-refractivity contribution is 0.821. The van der Waals surface area contributed by atoms with Crippen LogP contribution in [-0.2, 0) is 7.05 Å². The zero-order chi connectivity index (χ0) is 8.72. The number of amidine groups is 1. The van der Waals surface area contributed by atoms with Crippen molar-refractivity contribution < 1.29 is 0 Å². The topological polar surface area (TPSA) is 59.4 Å². The van der Waals surface area contributed by atoms with Crippen LogP contribution in [0, 0.1) is 0 Å². The van der Waals surface area contributed by atoms with Crippen molar-refractivity contribution in [3.63, 3.8) is 0 Å². The maximum atomic E-state index is 5.67. The van der Waals surface area contributed by atoms with Crippen LogP contribution in [0.3, 0.4) is 0 Å². The largest absolute Gasteiger partial charge is 0.382 e. The number of nitrogens with zero attached hydrogens (tertiary/aromatic N) is 4.